The summed E-state index contributed by atoms with van der Waals surface area (Å²) < 4.78 is 0. The molecule has 0 fully saturated rings. The third-order valence-electron chi connectivity index (χ3n) is 3.10. The van der Waals surface area contributed by atoms with Crippen LogP contribution in [0.4, 0.5) is 17.1 Å². The molecule has 0 unspecified atom stereocenters. The number of benzene rings is 2. The summed E-state index contributed by atoms with van der Waals surface area (Å²) >= 11 is 1.75. The predicted molar refractivity (Wildman–Crippen MR) is 91.1 cm³/mol. The van der Waals surface area contributed by atoms with E-state index in [-0.39, 0.29) is 0 Å². The van der Waals surface area contributed by atoms with Gasteiger partial charge in [-0.2, -0.15) is 0 Å². The first-order chi connectivity index (χ1) is 9.76. The molecule has 104 valence electrons. The van der Waals surface area contributed by atoms with Gasteiger partial charge < -0.3 is 10.6 Å². The van der Waals surface area contributed by atoms with Crippen LogP contribution in [0, 0.1) is 0 Å². The van der Waals surface area contributed by atoms with Crippen molar-refractivity contribution in [2.24, 2.45) is 0 Å². The van der Waals surface area contributed by atoms with Crippen molar-refractivity contribution in [2.75, 3.05) is 16.9 Å². The summed E-state index contributed by atoms with van der Waals surface area (Å²) in [7, 11) is 0. The van der Waals surface area contributed by atoms with Crippen LogP contribution in [0.3, 0.4) is 0 Å². The summed E-state index contributed by atoms with van der Waals surface area (Å²) in [5.41, 5.74) is 4.61. The van der Waals surface area contributed by atoms with E-state index in [0.717, 1.165) is 23.5 Å². The summed E-state index contributed by atoms with van der Waals surface area (Å²) in [5.74, 6) is 0. The van der Waals surface area contributed by atoms with Crippen LogP contribution in [0.1, 0.15) is 12.5 Å². The average molecular weight is 284 g/mol. The van der Waals surface area contributed by atoms with Crippen LogP contribution in [0.2, 0.25) is 0 Å². The lowest BCUT2D eigenvalue weighted by Crippen LogP contribution is -1.96. The third kappa shape index (κ3) is 3.58. The van der Waals surface area contributed by atoms with Gasteiger partial charge in [-0.05, 0) is 60.8 Å². The highest BCUT2D eigenvalue weighted by Crippen LogP contribution is 2.26. The van der Waals surface area contributed by atoms with E-state index in [9.17, 15) is 0 Å². The van der Waals surface area contributed by atoms with Crippen molar-refractivity contribution < 1.29 is 0 Å². The van der Waals surface area contributed by atoms with Gasteiger partial charge in [0.2, 0.25) is 0 Å². The number of aryl methyl sites for hydroxylation is 1. The summed E-state index contributed by atoms with van der Waals surface area (Å²) in [5, 5.41) is 6.62. The lowest BCUT2D eigenvalue weighted by atomic mass is 10.1. The normalized spacial score (nSPS) is 10.1. The second-order valence-electron chi connectivity index (χ2n) is 4.43. The molecule has 0 spiro atoms. The Bertz CT molecular complexity index is 593. The van der Waals surface area contributed by atoms with E-state index >= 15 is 0 Å². The van der Waals surface area contributed by atoms with E-state index < -0.39 is 0 Å². The van der Waals surface area contributed by atoms with Crippen LogP contribution in [0.5, 0.6) is 0 Å². The Balaban J connectivity index is 2.22. The molecule has 2 nitrogen and oxygen atoms in total. The first-order valence-electron chi connectivity index (χ1n) is 6.68. The van der Waals surface area contributed by atoms with Gasteiger partial charge in [0.05, 0.1) is 0 Å². The first kappa shape index (κ1) is 14.5. The maximum Gasteiger partial charge on any atom is 0.0413 e. The van der Waals surface area contributed by atoms with Crippen LogP contribution < -0.4 is 10.6 Å². The molecule has 0 amide bonds. The Hall–Kier alpha value is -1.87. The van der Waals surface area contributed by atoms with Gasteiger partial charge in [0.1, 0.15) is 0 Å². The van der Waals surface area contributed by atoms with Crippen molar-refractivity contribution in [1.29, 1.82) is 0 Å². The summed E-state index contributed by atoms with van der Waals surface area (Å²) in [6.07, 6.45) is 4.78. The van der Waals surface area contributed by atoms with E-state index in [4.69, 9.17) is 0 Å². The molecule has 0 bridgehead atoms. The Morgan fingerprint density at radius 3 is 2.65 bits per heavy atom. The summed E-state index contributed by atoms with van der Waals surface area (Å²) in [6, 6.07) is 14.8. The van der Waals surface area contributed by atoms with Crippen molar-refractivity contribution in [3.05, 3.63) is 60.8 Å². The van der Waals surface area contributed by atoms with Crippen molar-refractivity contribution in [3.63, 3.8) is 0 Å². The molecular weight excluding hydrogens is 264 g/mol. The maximum absolute atomic E-state index is 3.71. The summed E-state index contributed by atoms with van der Waals surface area (Å²) in [4.78, 5) is 1.26. The molecule has 3 heteroatoms. The molecule has 0 aliphatic heterocycles. The van der Waals surface area contributed by atoms with Gasteiger partial charge in [0, 0.05) is 22.0 Å². The molecule has 0 aliphatic rings. The van der Waals surface area contributed by atoms with E-state index in [1.54, 1.807) is 18.0 Å². The number of nitrogens with one attached hydrogen (secondary N) is 2. The van der Waals surface area contributed by atoms with Gasteiger partial charge in [-0.1, -0.05) is 19.6 Å². The van der Waals surface area contributed by atoms with Crippen molar-refractivity contribution in [1.82, 2.24) is 0 Å². The fraction of sp³-hybridized carbons (Fsp3) is 0.176. The van der Waals surface area contributed by atoms with Gasteiger partial charge in [-0.25, -0.2) is 0 Å². The van der Waals surface area contributed by atoms with Gasteiger partial charge in [0.25, 0.3) is 0 Å². The summed E-state index contributed by atoms with van der Waals surface area (Å²) in [6.45, 7) is 5.87. The Morgan fingerprint density at radius 1 is 1.15 bits per heavy atom. The minimum atomic E-state index is 0.983. The molecule has 0 saturated heterocycles. The largest absolute Gasteiger partial charge is 0.362 e. The van der Waals surface area contributed by atoms with Crippen molar-refractivity contribution in [2.45, 2.75) is 18.2 Å². The van der Waals surface area contributed by atoms with Crippen molar-refractivity contribution in [3.8, 4) is 0 Å². The highest BCUT2D eigenvalue weighted by molar-refractivity contribution is 7.98. The zero-order valence-electron chi connectivity index (χ0n) is 11.9. The van der Waals surface area contributed by atoms with E-state index in [1.165, 1.54) is 10.5 Å². The monoisotopic (exact) mass is 284 g/mol. The van der Waals surface area contributed by atoms with Gasteiger partial charge in [-0.15, -0.1) is 11.8 Å². The lowest BCUT2D eigenvalue weighted by molar-refractivity contribution is 1.14. The molecule has 2 N–H and O–H groups in total. The third-order valence-corrected chi connectivity index (χ3v) is 3.83. The number of hydrogen-bond acceptors (Lipinski definition) is 3. The zero-order chi connectivity index (χ0) is 14.4. The van der Waals surface area contributed by atoms with Gasteiger partial charge in [0.15, 0.2) is 0 Å². The molecule has 2 rings (SSSR count). The van der Waals surface area contributed by atoms with Gasteiger partial charge >= 0.3 is 0 Å². The molecule has 0 atom stereocenters. The van der Waals surface area contributed by atoms with Crippen LogP contribution in [-0.4, -0.2) is 6.26 Å². The molecule has 20 heavy (non-hydrogen) atoms. The Labute approximate surface area is 125 Å². The standard InChI is InChI=1S/C17H20N2S/c1-4-13-11-15(9-10-17(13)18-5-2)19-14-7-6-8-16(12-14)20-3/h5-12,18-19H,2,4H2,1,3H3. The van der Waals surface area contributed by atoms with Crippen LogP contribution in [0.15, 0.2) is 60.1 Å². The second-order valence-corrected chi connectivity index (χ2v) is 5.31. The van der Waals surface area contributed by atoms with Crippen LogP contribution >= 0.6 is 11.8 Å². The van der Waals surface area contributed by atoms with Crippen molar-refractivity contribution >= 4 is 28.8 Å². The van der Waals surface area contributed by atoms with E-state index in [1.807, 2.05) is 0 Å². The fourth-order valence-electron chi connectivity index (χ4n) is 2.08. The molecule has 0 aliphatic carbocycles. The molecule has 0 saturated carbocycles. The predicted octanol–water partition coefficient (Wildman–Crippen LogP) is 5.27. The molecule has 2 aromatic carbocycles. The average Bonchev–Trinajstić information content (AvgIpc) is 2.49. The minimum Gasteiger partial charge on any atom is -0.362 e. The highest BCUT2D eigenvalue weighted by atomic mass is 32.2. The highest BCUT2D eigenvalue weighted by Gasteiger charge is 2.02. The fourth-order valence-corrected chi connectivity index (χ4v) is 2.54. The second kappa shape index (κ2) is 7.06. The molecule has 0 radical (unpaired) electrons. The van der Waals surface area contributed by atoms with E-state index in [0.29, 0.717) is 0 Å². The quantitative estimate of drug-likeness (QED) is 0.707. The number of thioether (sulfide) groups is 1. The zero-order valence-corrected chi connectivity index (χ0v) is 12.8. The number of anilines is 3. The Kier molecular flexibility index (Phi) is 5.13. The maximum atomic E-state index is 3.71. The van der Waals surface area contributed by atoms with E-state index in [2.05, 4.69) is 72.9 Å². The molecule has 2 aromatic rings. The molecule has 0 aromatic heterocycles. The van der Waals surface area contributed by atoms with Gasteiger partial charge in [-0.3, -0.25) is 0 Å². The molecular formula is C17H20N2S. The first-order valence-corrected chi connectivity index (χ1v) is 7.90. The lowest BCUT2D eigenvalue weighted by Gasteiger charge is -2.12. The smallest absolute Gasteiger partial charge is 0.0413 e. The Morgan fingerprint density at radius 2 is 1.95 bits per heavy atom. The van der Waals surface area contributed by atoms with Crippen LogP contribution in [0.25, 0.3) is 0 Å². The number of rotatable bonds is 6. The SMILES string of the molecule is C=CNc1ccc(Nc2cccc(SC)c2)cc1CC. The van der Waals surface area contributed by atoms with Crippen LogP contribution in [-0.2, 0) is 6.42 Å². The topological polar surface area (TPSA) is 24.1 Å². The minimum absolute atomic E-state index is 0.983. The molecule has 0 heterocycles. The number of hydrogen-bond donors (Lipinski definition) is 2.